The summed E-state index contributed by atoms with van der Waals surface area (Å²) in [4.78, 5) is 38.4. The molecule has 9 heteroatoms. The summed E-state index contributed by atoms with van der Waals surface area (Å²) in [5, 5.41) is 12.5. The third-order valence-electron chi connectivity index (χ3n) is 7.41. The average Bonchev–Trinajstić information content (AvgIpc) is 2.90. The minimum atomic E-state index is -0.345. The Kier molecular flexibility index (Phi) is 7.89. The molecule has 1 aromatic carbocycles. The summed E-state index contributed by atoms with van der Waals surface area (Å²) >= 11 is 0. The van der Waals surface area contributed by atoms with Crippen molar-refractivity contribution in [3.05, 3.63) is 63.7 Å². The van der Waals surface area contributed by atoms with Crippen molar-refractivity contribution in [1.82, 2.24) is 24.8 Å². The lowest BCUT2D eigenvalue weighted by molar-refractivity contribution is -0.119. The molecule has 1 aliphatic rings. The molecule has 9 nitrogen and oxygen atoms in total. The van der Waals surface area contributed by atoms with Crippen LogP contribution in [0.25, 0.3) is 11.0 Å². The number of carbonyl (C=O) groups excluding carboxylic acids is 1. The molecule has 0 saturated carbocycles. The van der Waals surface area contributed by atoms with E-state index in [1.54, 1.807) is 26.1 Å². The number of pyridine rings is 1. The van der Waals surface area contributed by atoms with Gasteiger partial charge in [-0.2, -0.15) is 10.2 Å². The van der Waals surface area contributed by atoms with E-state index in [0.29, 0.717) is 35.6 Å². The Labute approximate surface area is 217 Å². The number of aryl methyl sites for hydroxylation is 2. The van der Waals surface area contributed by atoms with Crippen molar-refractivity contribution in [3.8, 4) is 6.07 Å². The van der Waals surface area contributed by atoms with Gasteiger partial charge in [0.25, 0.3) is 0 Å². The molecule has 1 amide bonds. The van der Waals surface area contributed by atoms with E-state index in [2.05, 4.69) is 76.2 Å². The molecule has 4 rings (SSSR count). The highest BCUT2D eigenvalue weighted by atomic mass is 16.1. The van der Waals surface area contributed by atoms with Gasteiger partial charge in [-0.3, -0.25) is 14.3 Å². The second-order valence-corrected chi connectivity index (χ2v) is 9.79. The quantitative estimate of drug-likeness (QED) is 0.530. The second-order valence-electron chi connectivity index (χ2n) is 9.79. The zero-order valence-corrected chi connectivity index (χ0v) is 22.2. The molecule has 1 fully saturated rings. The predicted molar refractivity (Wildman–Crippen MR) is 144 cm³/mol. The molecule has 0 radical (unpaired) electrons. The zero-order chi connectivity index (χ0) is 26.7. The lowest BCUT2D eigenvalue weighted by Gasteiger charge is -2.49. The van der Waals surface area contributed by atoms with E-state index >= 15 is 0 Å². The first-order chi connectivity index (χ1) is 17.8. The molecule has 2 aromatic heterocycles. The average molecular weight is 502 g/mol. The Balaban J connectivity index is 1.77. The van der Waals surface area contributed by atoms with Crippen molar-refractivity contribution >= 4 is 22.8 Å². The summed E-state index contributed by atoms with van der Waals surface area (Å²) in [5.41, 5.74) is 3.53. The zero-order valence-electron chi connectivity index (χ0n) is 22.2. The molecule has 0 bridgehead atoms. The predicted octanol–water partition coefficient (Wildman–Crippen LogP) is 3.07. The third kappa shape index (κ3) is 5.35. The molecule has 1 unspecified atom stereocenters. The Bertz CT molecular complexity index is 1380. The van der Waals surface area contributed by atoms with Gasteiger partial charge in [-0.05, 0) is 37.5 Å². The molecular weight excluding hydrogens is 466 g/mol. The minimum absolute atomic E-state index is 0.0160. The van der Waals surface area contributed by atoms with Crippen molar-refractivity contribution in [2.75, 3.05) is 24.5 Å². The van der Waals surface area contributed by atoms with E-state index in [4.69, 9.17) is 0 Å². The van der Waals surface area contributed by atoms with Gasteiger partial charge in [-0.1, -0.05) is 43.7 Å². The number of nitrogens with zero attached hydrogens (tertiary/aromatic N) is 6. The Hall–Kier alpha value is -3.77. The molecule has 1 aliphatic heterocycles. The summed E-state index contributed by atoms with van der Waals surface area (Å²) in [6.07, 6.45) is 1.72. The van der Waals surface area contributed by atoms with Gasteiger partial charge < -0.3 is 10.2 Å². The van der Waals surface area contributed by atoms with E-state index in [1.807, 2.05) is 0 Å². The number of aromatic nitrogens is 3. The van der Waals surface area contributed by atoms with Crippen LogP contribution in [0.4, 0.5) is 5.82 Å². The molecule has 194 valence electrons. The summed E-state index contributed by atoms with van der Waals surface area (Å²) in [5.74, 6) is 0.486. The molecule has 3 aromatic rings. The van der Waals surface area contributed by atoms with Gasteiger partial charge in [0.1, 0.15) is 17.3 Å². The number of nitriles is 1. The molecular formula is C28H35N7O2. The number of amides is 1. The lowest BCUT2D eigenvalue weighted by atomic mass is 9.95. The normalized spacial score (nSPS) is 19.0. The number of fused-ring (bicyclic) bond motifs is 1. The van der Waals surface area contributed by atoms with E-state index < -0.39 is 0 Å². The number of anilines is 1. The SMILES string of the molecule is CC[C@H]1CN(C(CNC(C)=O)c2ccc(C)cc2)[C@H](CC)CN1c1nc(=O)n(C)c2ccc(C#N)nc12. The van der Waals surface area contributed by atoms with Crippen LogP contribution in [0.1, 0.15) is 56.5 Å². The van der Waals surface area contributed by atoms with Crippen LogP contribution < -0.4 is 15.9 Å². The number of piperazine rings is 1. The van der Waals surface area contributed by atoms with Crippen LogP contribution in [-0.4, -0.2) is 57.1 Å². The number of hydrogen-bond acceptors (Lipinski definition) is 7. The lowest BCUT2D eigenvalue weighted by Crippen LogP contribution is -2.60. The van der Waals surface area contributed by atoms with Gasteiger partial charge in [-0.25, -0.2) is 9.78 Å². The number of benzene rings is 1. The van der Waals surface area contributed by atoms with E-state index in [9.17, 15) is 14.9 Å². The fourth-order valence-corrected chi connectivity index (χ4v) is 5.25. The maximum Gasteiger partial charge on any atom is 0.349 e. The number of rotatable bonds is 7. The molecule has 0 spiro atoms. The molecule has 37 heavy (non-hydrogen) atoms. The van der Waals surface area contributed by atoms with Gasteiger partial charge in [0.2, 0.25) is 5.91 Å². The second kappa shape index (κ2) is 11.1. The largest absolute Gasteiger partial charge is 0.354 e. The summed E-state index contributed by atoms with van der Waals surface area (Å²) in [6, 6.07) is 14.3. The van der Waals surface area contributed by atoms with Crippen LogP contribution in [0.2, 0.25) is 0 Å². The van der Waals surface area contributed by atoms with E-state index in [1.165, 1.54) is 15.7 Å². The fourth-order valence-electron chi connectivity index (χ4n) is 5.25. The van der Waals surface area contributed by atoms with Gasteiger partial charge in [0, 0.05) is 45.7 Å². The van der Waals surface area contributed by atoms with Crippen molar-refractivity contribution in [1.29, 1.82) is 5.26 Å². The van der Waals surface area contributed by atoms with Gasteiger partial charge >= 0.3 is 5.69 Å². The summed E-state index contributed by atoms with van der Waals surface area (Å²) in [6.45, 7) is 9.83. The number of nitrogens with one attached hydrogen (secondary N) is 1. The Morgan fingerprint density at radius 3 is 2.43 bits per heavy atom. The van der Waals surface area contributed by atoms with E-state index in [-0.39, 0.29) is 29.7 Å². The topological polar surface area (TPSA) is 107 Å². The van der Waals surface area contributed by atoms with Gasteiger partial charge in [0.15, 0.2) is 5.82 Å². The number of carbonyl (C=O) groups is 1. The maximum absolute atomic E-state index is 12.8. The first-order valence-electron chi connectivity index (χ1n) is 12.9. The van der Waals surface area contributed by atoms with Gasteiger partial charge in [-0.15, -0.1) is 0 Å². The van der Waals surface area contributed by atoms with Crippen LogP contribution in [0.15, 0.2) is 41.2 Å². The standard InChI is InChI=1S/C28H35N7O2/c1-6-22-17-35(27-26-24(33(5)28(37)32-27)13-12-21(14-29)31-26)23(7-2)16-34(22)25(15-30-19(4)36)20-10-8-18(3)9-11-20/h8-13,22-23,25H,6-7,15-17H2,1-5H3,(H,30,36)/t22-,23+,25?/m1/s1. The van der Waals surface area contributed by atoms with Crippen LogP contribution in [0.3, 0.4) is 0 Å². The highest BCUT2D eigenvalue weighted by Crippen LogP contribution is 2.33. The Morgan fingerprint density at radius 1 is 1.11 bits per heavy atom. The van der Waals surface area contributed by atoms with Crippen LogP contribution >= 0.6 is 0 Å². The van der Waals surface area contributed by atoms with Gasteiger partial charge in [0.05, 0.1) is 11.6 Å². The van der Waals surface area contributed by atoms with E-state index in [0.717, 1.165) is 19.4 Å². The third-order valence-corrected chi connectivity index (χ3v) is 7.41. The Morgan fingerprint density at radius 2 is 1.81 bits per heavy atom. The molecule has 1 N–H and O–H groups in total. The first kappa shape index (κ1) is 26.3. The number of hydrogen-bond donors (Lipinski definition) is 1. The van der Waals surface area contributed by atoms with Crippen molar-refractivity contribution in [2.45, 2.75) is 58.7 Å². The fraction of sp³-hybridized carbons (Fsp3) is 0.464. The minimum Gasteiger partial charge on any atom is -0.354 e. The monoisotopic (exact) mass is 501 g/mol. The van der Waals surface area contributed by atoms with Crippen molar-refractivity contribution in [2.24, 2.45) is 7.05 Å². The summed E-state index contributed by atoms with van der Waals surface area (Å²) in [7, 11) is 1.67. The molecule has 0 aliphatic carbocycles. The van der Waals surface area contributed by atoms with Crippen LogP contribution in [0, 0.1) is 18.3 Å². The summed E-state index contributed by atoms with van der Waals surface area (Å²) < 4.78 is 1.47. The van der Waals surface area contributed by atoms with Crippen molar-refractivity contribution < 1.29 is 4.79 Å². The highest BCUT2D eigenvalue weighted by molar-refractivity contribution is 5.86. The first-order valence-corrected chi connectivity index (χ1v) is 12.9. The molecule has 3 heterocycles. The molecule has 1 saturated heterocycles. The van der Waals surface area contributed by atoms with Crippen LogP contribution in [0.5, 0.6) is 0 Å². The van der Waals surface area contributed by atoms with Crippen LogP contribution in [-0.2, 0) is 11.8 Å². The smallest absolute Gasteiger partial charge is 0.349 e. The highest BCUT2D eigenvalue weighted by Gasteiger charge is 2.38. The van der Waals surface area contributed by atoms with Crippen molar-refractivity contribution in [3.63, 3.8) is 0 Å². The maximum atomic E-state index is 12.8. The molecule has 3 atom stereocenters.